The maximum absolute atomic E-state index is 9.40. The van der Waals surface area contributed by atoms with Gasteiger partial charge in [0.15, 0.2) is 0 Å². The van der Waals surface area contributed by atoms with E-state index in [0.29, 0.717) is 6.61 Å². The van der Waals surface area contributed by atoms with Crippen LogP contribution in [0, 0.1) is 11.3 Å². The summed E-state index contributed by atoms with van der Waals surface area (Å²) in [7, 11) is 1.64. The highest BCUT2D eigenvalue weighted by molar-refractivity contribution is 5.38. The summed E-state index contributed by atoms with van der Waals surface area (Å²) in [6.45, 7) is 0.675. The molecule has 0 fully saturated rings. The monoisotopic (exact) mass is 295 g/mol. The van der Waals surface area contributed by atoms with E-state index in [1.54, 1.807) is 7.11 Å². The molecule has 3 nitrogen and oxygen atoms in total. The van der Waals surface area contributed by atoms with Crippen LogP contribution in [0.2, 0.25) is 0 Å². The van der Waals surface area contributed by atoms with Crippen molar-refractivity contribution in [2.24, 2.45) is 0 Å². The zero-order valence-electron chi connectivity index (χ0n) is 12.9. The summed E-state index contributed by atoms with van der Waals surface area (Å²) in [5.74, 6) is 1.55. The van der Waals surface area contributed by atoms with Crippen LogP contribution in [0.3, 0.4) is 0 Å². The summed E-state index contributed by atoms with van der Waals surface area (Å²) in [4.78, 5) is 0. The average molecular weight is 295 g/mol. The molecule has 2 rings (SSSR count). The van der Waals surface area contributed by atoms with Crippen molar-refractivity contribution in [2.75, 3.05) is 13.7 Å². The van der Waals surface area contributed by atoms with Crippen LogP contribution >= 0.6 is 0 Å². The number of nitrogens with zero attached hydrogens (tertiary/aromatic N) is 1. The zero-order chi connectivity index (χ0) is 15.6. The second-order valence-corrected chi connectivity index (χ2v) is 5.08. The normalized spacial score (nSPS) is 11.5. The minimum Gasteiger partial charge on any atom is -0.496 e. The van der Waals surface area contributed by atoms with Crippen molar-refractivity contribution < 1.29 is 9.47 Å². The zero-order valence-corrected chi connectivity index (χ0v) is 12.9. The summed E-state index contributed by atoms with van der Waals surface area (Å²) >= 11 is 0. The Kier molecular flexibility index (Phi) is 6.32. The van der Waals surface area contributed by atoms with Gasteiger partial charge >= 0.3 is 0 Å². The van der Waals surface area contributed by atoms with Gasteiger partial charge in [0.25, 0.3) is 0 Å². The number of hydrogen-bond acceptors (Lipinski definition) is 3. The van der Waals surface area contributed by atoms with Crippen LogP contribution in [-0.4, -0.2) is 13.7 Å². The van der Waals surface area contributed by atoms with Crippen molar-refractivity contribution in [3.05, 3.63) is 60.2 Å². The Morgan fingerprint density at radius 3 is 2.45 bits per heavy atom. The third kappa shape index (κ3) is 4.53. The van der Waals surface area contributed by atoms with Gasteiger partial charge in [-0.3, -0.25) is 0 Å². The quantitative estimate of drug-likeness (QED) is 0.671. The van der Waals surface area contributed by atoms with Gasteiger partial charge in [0, 0.05) is 5.56 Å². The number of benzene rings is 2. The summed E-state index contributed by atoms with van der Waals surface area (Å²) in [6.07, 6.45) is 2.69. The molecule has 0 N–H and O–H groups in total. The predicted octanol–water partition coefficient (Wildman–Crippen LogP) is 4.55. The Morgan fingerprint density at radius 1 is 1.00 bits per heavy atom. The van der Waals surface area contributed by atoms with Gasteiger partial charge < -0.3 is 9.47 Å². The molecule has 0 heterocycles. The standard InChI is InChI=1S/C19H21NO2/c1-21-19-13-6-5-12-18(19)16(15-20)9-7-8-14-22-17-10-3-2-4-11-17/h2-6,10-13,16H,7-9,14H2,1H3. The highest BCUT2D eigenvalue weighted by Gasteiger charge is 2.14. The van der Waals surface area contributed by atoms with E-state index in [2.05, 4.69) is 6.07 Å². The number of para-hydroxylation sites is 2. The molecule has 3 heteroatoms. The molecule has 1 atom stereocenters. The molecule has 0 saturated carbocycles. The lowest BCUT2D eigenvalue weighted by molar-refractivity contribution is 0.304. The molecule has 1 unspecified atom stereocenters. The van der Waals surface area contributed by atoms with Crippen LogP contribution in [0.1, 0.15) is 30.7 Å². The van der Waals surface area contributed by atoms with Crippen LogP contribution in [-0.2, 0) is 0 Å². The number of ether oxygens (including phenoxy) is 2. The number of unbranched alkanes of at least 4 members (excludes halogenated alkanes) is 1. The van der Waals surface area contributed by atoms with Crippen LogP contribution in [0.5, 0.6) is 11.5 Å². The maximum Gasteiger partial charge on any atom is 0.123 e. The second kappa shape index (κ2) is 8.74. The van der Waals surface area contributed by atoms with Crippen molar-refractivity contribution in [3.63, 3.8) is 0 Å². The van der Waals surface area contributed by atoms with Crippen molar-refractivity contribution in [1.29, 1.82) is 5.26 Å². The molecule has 0 bridgehead atoms. The van der Waals surface area contributed by atoms with E-state index in [1.807, 2.05) is 54.6 Å². The molecule has 0 aliphatic carbocycles. The maximum atomic E-state index is 9.40. The van der Waals surface area contributed by atoms with E-state index in [0.717, 1.165) is 36.3 Å². The third-order valence-electron chi connectivity index (χ3n) is 3.57. The predicted molar refractivity (Wildman–Crippen MR) is 87.1 cm³/mol. The van der Waals surface area contributed by atoms with Gasteiger partial charge in [-0.05, 0) is 37.5 Å². The first kappa shape index (κ1) is 15.9. The molecule has 0 aromatic heterocycles. The molecule has 0 amide bonds. The fourth-order valence-corrected chi connectivity index (χ4v) is 2.40. The fraction of sp³-hybridized carbons (Fsp3) is 0.316. The smallest absolute Gasteiger partial charge is 0.123 e. The highest BCUT2D eigenvalue weighted by atomic mass is 16.5. The molecule has 2 aromatic rings. The lowest BCUT2D eigenvalue weighted by Crippen LogP contribution is -2.02. The topological polar surface area (TPSA) is 42.2 Å². The molecule has 2 aromatic carbocycles. The number of methoxy groups -OCH3 is 1. The van der Waals surface area contributed by atoms with Gasteiger partial charge in [-0.25, -0.2) is 0 Å². The van der Waals surface area contributed by atoms with Gasteiger partial charge in [-0.2, -0.15) is 5.26 Å². The van der Waals surface area contributed by atoms with Crippen LogP contribution in [0.4, 0.5) is 0 Å². The van der Waals surface area contributed by atoms with E-state index in [1.165, 1.54) is 0 Å². The lowest BCUT2D eigenvalue weighted by atomic mass is 9.94. The first-order valence-electron chi connectivity index (χ1n) is 7.55. The Labute approximate surface area is 132 Å². The van der Waals surface area contributed by atoms with Crippen molar-refractivity contribution in [2.45, 2.75) is 25.2 Å². The Bertz CT molecular complexity index is 604. The molecular formula is C19H21NO2. The second-order valence-electron chi connectivity index (χ2n) is 5.08. The first-order valence-corrected chi connectivity index (χ1v) is 7.55. The van der Waals surface area contributed by atoms with Crippen molar-refractivity contribution in [1.82, 2.24) is 0 Å². The van der Waals surface area contributed by atoms with Crippen LogP contribution in [0.25, 0.3) is 0 Å². The minimum absolute atomic E-state index is 0.132. The molecule has 0 aliphatic heterocycles. The molecular weight excluding hydrogens is 274 g/mol. The van der Waals surface area contributed by atoms with Crippen LogP contribution < -0.4 is 9.47 Å². The Hall–Kier alpha value is -2.47. The molecule has 0 saturated heterocycles. The summed E-state index contributed by atoms with van der Waals surface area (Å²) in [5, 5.41) is 9.40. The highest BCUT2D eigenvalue weighted by Crippen LogP contribution is 2.29. The summed E-state index contributed by atoms with van der Waals surface area (Å²) in [5.41, 5.74) is 0.969. The van der Waals surface area contributed by atoms with Crippen molar-refractivity contribution in [3.8, 4) is 17.6 Å². The van der Waals surface area contributed by atoms with Gasteiger partial charge in [-0.15, -0.1) is 0 Å². The van der Waals surface area contributed by atoms with E-state index in [9.17, 15) is 5.26 Å². The molecule has 22 heavy (non-hydrogen) atoms. The van der Waals surface area contributed by atoms with E-state index in [-0.39, 0.29) is 5.92 Å². The summed E-state index contributed by atoms with van der Waals surface area (Å²) in [6, 6.07) is 19.9. The Morgan fingerprint density at radius 2 is 1.73 bits per heavy atom. The number of hydrogen-bond donors (Lipinski definition) is 0. The van der Waals surface area contributed by atoms with Gasteiger partial charge in [0.2, 0.25) is 0 Å². The van der Waals surface area contributed by atoms with Gasteiger partial charge in [0.05, 0.1) is 25.7 Å². The lowest BCUT2D eigenvalue weighted by Gasteiger charge is -2.13. The van der Waals surface area contributed by atoms with Gasteiger partial charge in [0.1, 0.15) is 11.5 Å². The molecule has 0 aliphatic rings. The van der Waals surface area contributed by atoms with E-state index < -0.39 is 0 Å². The van der Waals surface area contributed by atoms with Gasteiger partial charge in [-0.1, -0.05) is 36.4 Å². The average Bonchev–Trinajstić information content (AvgIpc) is 2.59. The Balaban J connectivity index is 1.78. The molecule has 0 radical (unpaired) electrons. The summed E-state index contributed by atoms with van der Waals surface area (Å²) < 4.78 is 11.0. The fourth-order valence-electron chi connectivity index (χ4n) is 2.40. The van der Waals surface area contributed by atoms with Crippen LogP contribution in [0.15, 0.2) is 54.6 Å². The first-order chi connectivity index (χ1) is 10.8. The molecule has 0 spiro atoms. The third-order valence-corrected chi connectivity index (χ3v) is 3.57. The van der Waals surface area contributed by atoms with E-state index in [4.69, 9.17) is 9.47 Å². The number of nitriles is 1. The number of rotatable bonds is 8. The largest absolute Gasteiger partial charge is 0.496 e. The SMILES string of the molecule is COc1ccccc1C(C#N)CCCCOc1ccccc1. The molecule has 114 valence electrons. The minimum atomic E-state index is -0.132. The van der Waals surface area contributed by atoms with E-state index >= 15 is 0 Å². The van der Waals surface area contributed by atoms with Crippen molar-refractivity contribution >= 4 is 0 Å².